The monoisotopic (exact) mass is 772 g/mol. The van der Waals surface area contributed by atoms with E-state index in [0.717, 1.165) is 40.7 Å². The molecule has 0 bridgehead atoms. The van der Waals surface area contributed by atoms with E-state index in [0.29, 0.717) is 24.7 Å². The number of phenolic OH excluding ortho intramolecular Hbond substituents is 1. The van der Waals surface area contributed by atoms with Gasteiger partial charge in [-0.05, 0) is 41.7 Å². The van der Waals surface area contributed by atoms with Gasteiger partial charge in [0.05, 0.1) is 24.2 Å². The molecule has 3 aromatic carbocycles. The van der Waals surface area contributed by atoms with Crippen LogP contribution in [0, 0.1) is 0 Å². The van der Waals surface area contributed by atoms with Crippen LogP contribution < -0.4 is 5.32 Å². The number of rotatable bonds is 10. The molecule has 1 aliphatic carbocycles. The summed E-state index contributed by atoms with van der Waals surface area (Å²) in [7, 11) is 1.93. The number of carbonyl (C=O) groups is 4. The van der Waals surface area contributed by atoms with Crippen LogP contribution in [0.3, 0.4) is 0 Å². The predicted octanol–water partition coefficient (Wildman–Crippen LogP) is 4.32. The van der Waals surface area contributed by atoms with Gasteiger partial charge in [-0.3, -0.25) is 19.3 Å². The topological polar surface area (TPSA) is 125 Å². The van der Waals surface area contributed by atoms with Gasteiger partial charge in [-0.2, -0.15) is 0 Å². The summed E-state index contributed by atoms with van der Waals surface area (Å²) in [5, 5.41) is 17.1. The summed E-state index contributed by atoms with van der Waals surface area (Å²) in [4.78, 5) is 64.9. The highest BCUT2D eigenvalue weighted by molar-refractivity contribution is 6.07. The van der Waals surface area contributed by atoms with Gasteiger partial charge in [-0.15, -0.1) is 6.58 Å². The zero-order valence-electron chi connectivity index (χ0n) is 32.6. The summed E-state index contributed by atoms with van der Waals surface area (Å²) in [5.41, 5.74) is 4.06. The first-order valence-corrected chi connectivity index (χ1v) is 20.1. The Kier molecular flexibility index (Phi) is 11.0. The molecule has 13 heteroatoms. The third-order valence-electron chi connectivity index (χ3n) is 12.1. The van der Waals surface area contributed by atoms with E-state index in [9.17, 15) is 24.3 Å². The largest absolute Gasteiger partial charge is 0.508 e. The van der Waals surface area contributed by atoms with Crippen LogP contribution in [0.15, 0.2) is 91.6 Å². The number of hydrazine groups is 1. The summed E-state index contributed by atoms with van der Waals surface area (Å²) in [6.45, 7) is 7.77. The van der Waals surface area contributed by atoms with Gasteiger partial charge < -0.3 is 29.7 Å². The van der Waals surface area contributed by atoms with Gasteiger partial charge in [0.25, 0.3) is 5.91 Å². The lowest BCUT2D eigenvalue weighted by Gasteiger charge is -2.55. The van der Waals surface area contributed by atoms with Gasteiger partial charge in [-0.25, -0.2) is 14.8 Å². The average Bonchev–Trinajstić information content (AvgIpc) is 3.89. The first kappa shape index (κ1) is 38.2. The van der Waals surface area contributed by atoms with Crippen LogP contribution in [-0.2, 0) is 36.1 Å². The molecule has 4 aromatic rings. The van der Waals surface area contributed by atoms with Crippen LogP contribution in [0.25, 0.3) is 10.9 Å². The highest BCUT2D eigenvalue weighted by atomic mass is 16.3. The summed E-state index contributed by atoms with van der Waals surface area (Å²) in [6, 6.07) is 21.4. The highest BCUT2D eigenvalue weighted by Crippen LogP contribution is 2.32. The number of fused-ring (bicyclic) bond motifs is 2. The molecule has 4 heterocycles. The lowest BCUT2D eigenvalue weighted by molar-refractivity contribution is -0.189. The number of piperazine rings is 2. The molecular formula is C44H52N8O5. The molecule has 1 aromatic heterocycles. The van der Waals surface area contributed by atoms with Crippen LogP contribution in [0.1, 0.15) is 52.7 Å². The molecule has 2 atom stereocenters. The molecule has 0 unspecified atom stereocenters. The second kappa shape index (κ2) is 16.4. The minimum absolute atomic E-state index is 0.0164. The predicted molar refractivity (Wildman–Crippen MR) is 217 cm³/mol. The minimum Gasteiger partial charge on any atom is -0.508 e. The molecule has 0 spiro atoms. The van der Waals surface area contributed by atoms with Crippen LogP contribution >= 0.6 is 0 Å². The van der Waals surface area contributed by atoms with Crippen LogP contribution in [0.5, 0.6) is 5.75 Å². The van der Waals surface area contributed by atoms with Gasteiger partial charge >= 0.3 is 6.03 Å². The Balaban J connectivity index is 1.09. The third-order valence-corrected chi connectivity index (χ3v) is 12.1. The minimum atomic E-state index is -0.913. The fourth-order valence-corrected chi connectivity index (χ4v) is 9.34. The molecule has 3 saturated heterocycles. The number of aryl methyl sites for hydroxylation is 1. The van der Waals surface area contributed by atoms with Gasteiger partial charge in [0.15, 0.2) is 0 Å². The second-order valence-electron chi connectivity index (χ2n) is 15.7. The lowest BCUT2D eigenvalue weighted by atomic mass is 9.98. The van der Waals surface area contributed by atoms with Crippen molar-refractivity contribution in [3.8, 4) is 5.75 Å². The Morgan fingerprint density at radius 2 is 1.65 bits per heavy atom. The zero-order chi connectivity index (χ0) is 39.6. The van der Waals surface area contributed by atoms with Crippen LogP contribution in [0.2, 0.25) is 0 Å². The average molecular weight is 773 g/mol. The van der Waals surface area contributed by atoms with Crippen molar-refractivity contribution in [1.82, 2.24) is 39.5 Å². The van der Waals surface area contributed by atoms with E-state index in [2.05, 4.69) is 16.8 Å². The third kappa shape index (κ3) is 7.73. The number of benzene rings is 3. The van der Waals surface area contributed by atoms with Crippen molar-refractivity contribution in [3.05, 3.63) is 114 Å². The Hall–Kier alpha value is -5.66. The number of phenols is 1. The van der Waals surface area contributed by atoms with Crippen molar-refractivity contribution in [2.75, 3.05) is 45.8 Å². The van der Waals surface area contributed by atoms with Gasteiger partial charge in [-0.1, -0.05) is 79.6 Å². The molecule has 0 radical (unpaired) electrons. The molecule has 8 rings (SSSR count). The maximum Gasteiger partial charge on any atom is 0.334 e. The number of amides is 5. The normalized spacial score (nSPS) is 21.0. The van der Waals surface area contributed by atoms with E-state index in [1.165, 1.54) is 25.7 Å². The standard InChI is InChI=1S/C44H52N8O5/c1-3-20-50-30-40(54)51-38(25-31-16-18-35(53)19-17-31)43(56)49(29-39(51)52(50)44(57)45-26-32-10-5-4-6-11-32)27-33-12-9-15-36-37(28-46(2)41(33)36)42(55)48-23-21-47(22-24-48)34-13-7-8-14-34/h3-6,9-12,15-19,28,34,38-39,53H,1,7-8,13-14,20-27,29-30H2,2H3,(H,45,57)/t38-,39-/m0/s1. The summed E-state index contributed by atoms with van der Waals surface area (Å²) >= 11 is 0. The van der Waals surface area contributed by atoms with E-state index < -0.39 is 18.2 Å². The van der Waals surface area contributed by atoms with Gasteiger partial charge in [0, 0.05) is 76.9 Å². The molecule has 298 valence electrons. The molecule has 4 aliphatic rings. The molecule has 3 aliphatic heterocycles. The van der Waals surface area contributed by atoms with Gasteiger partial charge in [0.1, 0.15) is 18.0 Å². The quantitative estimate of drug-likeness (QED) is 0.230. The Morgan fingerprint density at radius 1 is 0.912 bits per heavy atom. The number of aromatic hydroxyl groups is 1. The van der Waals surface area contributed by atoms with Crippen molar-refractivity contribution in [1.29, 1.82) is 0 Å². The zero-order valence-corrected chi connectivity index (χ0v) is 32.6. The summed E-state index contributed by atoms with van der Waals surface area (Å²) < 4.78 is 1.97. The van der Waals surface area contributed by atoms with E-state index in [-0.39, 0.29) is 62.6 Å². The van der Waals surface area contributed by atoms with E-state index in [1.54, 1.807) is 50.2 Å². The first-order valence-electron chi connectivity index (χ1n) is 20.1. The molecule has 57 heavy (non-hydrogen) atoms. The van der Waals surface area contributed by atoms with Crippen molar-refractivity contribution in [2.24, 2.45) is 7.05 Å². The molecule has 13 nitrogen and oxygen atoms in total. The maximum atomic E-state index is 14.7. The van der Waals surface area contributed by atoms with Crippen molar-refractivity contribution in [3.63, 3.8) is 0 Å². The lowest BCUT2D eigenvalue weighted by Crippen LogP contribution is -2.76. The van der Waals surface area contributed by atoms with Gasteiger partial charge in [0.2, 0.25) is 11.8 Å². The number of aromatic nitrogens is 1. The van der Waals surface area contributed by atoms with Crippen molar-refractivity contribution in [2.45, 2.75) is 63.4 Å². The number of hydrogen-bond donors (Lipinski definition) is 2. The van der Waals surface area contributed by atoms with Crippen molar-refractivity contribution >= 4 is 34.7 Å². The summed E-state index contributed by atoms with van der Waals surface area (Å²) in [6.07, 6.45) is 8.02. The number of carbonyl (C=O) groups excluding carboxylic acids is 4. The Labute approximate surface area is 333 Å². The smallest absolute Gasteiger partial charge is 0.334 e. The number of nitrogens with one attached hydrogen (secondary N) is 1. The van der Waals surface area contributed by atoms with E-state index >= 15 is 0 Å². The highest BCUT2D eigenvalue weighted by Gasteiger charge is 2.51. The maximum absolute atomic E-state index is 14.7. The van der Waals surface area contributed by atoms with Crippen LogP contribution in [-0.4, -0.2) is 127 Å². The molecule has 4 fully saturated rings. The van der Waals surface area contributed by atoms with E-state index in [4.69, 9.17) is 0 Å². The Morgan fingerprint density at radius 3 is 2.37 bits per heavy atom. The fourth-order valence-electron chi connectivity index (χ4n) is 9.34. The summed E-state index contributed by atoms with van der Waals surface area (Å²) in [5.74, 6) is -0.384. The number of para-hydroxylation sites is 1. The number of nitrogens with zero attached hydrogens (tertiary/aromatic N) is 7. The number of urea groups is 1. The van der Waals surface area contributed by atoms with Crippen molar-refractivity contribution < 1.29 is 24.3 Å². The molecule has 1 saturated carbocycles. The first-order chi connectivity index (χ1) is 27.7. The molecular weight excluding hydrogens is 721 g/mol. The number of hydrogen-bond acceptors (Lipinski definition) is 7. The molecule has 2 N–H and O–H groups in total. The fraction of sp³-hybridized carbons (Fsp3) is 0.409. The van der Waals surface area contributed by atoms with E-state index in [1.807, 2.05) is 71.2 Å². The van der Waals surface area contributed by atoms with Crippen LogP contribution in [0.4, 0.5) is 4.79 Å². The second-order valence-corrected chi connectivity index (χ2v) is 15.7. The Bertz CT molecular complexity index is 2120. The molecule has 5 amide bonds. The SMILES string of the molecule is C=CCN1CC(=O)N2[C@@H](Cc3ccc(O)cc3)C(=O)N(Cc3cccc4c(C(=O)N5CCN(C6CCCC6)CC5)cn(C)c34)C[C@@H]2N1C(=O)NCc1ccccc1.